The third-order valence-electron chi connectivity index (χ3n) is 2.43. The van der Waals surface area contributed by atoms with Crippen LogP contribution < -0.4 is 4.74 Å². The van der Waals surface area contributed by atoms with E-state index in [0.717, 1.165) is 12.2 Å². The maximum absolute atomic E-state index is 12.8. The van der Waals surface area contributed by atoms with Gasteiger partial charge in [0.2, 0.25) is 5.88 Å². The van der Waals surface area contributed by atoms with Gasteiger partial charge in [-0.15, -0.1) is 0 Å². The molecular weight excluding hydrogens is 395 g/mol. The van der Waals surface area contributed by atoms with Gasteiger partial charge in [-0.2, -0.15) is 4.98 Å². The van der Waals surface area contributed by atoms with Gasteiger partial charge < -0.3 is 9.26 Å². The van der Waals surface area contributed by atoms with Gasteiger partial charge in [-0.1, -0.05) is 53.1 Å². The van der Waals surface area contributed by atoms with Crippen LogP contribution in [0.4, 0.5) is 0 Å². The Bertz CT molecular complexity index is 551. The van der Waals surface area contributed by atoms with Crippen molar-refractivity contribution in [2.75, 3.05) is 25.2 Å². The number of thioether (sulfide) groups is 1. The summed E-state index contributed by atoms with van der Waals surface area (Å²) in [6, 6.07) is 0. The highest BCUT2D eigenvalue weighted by Crippen LogP contribution is 2.70. The highest BCUT2D eigenvalue weighted by atomic mass is 35.5. The molecule has 0 saturated carbocycles. The molecule has 132 valence electrons. The number of halogens is 1. The molecule has 0 saturated heterocycles. The SMILES string of the molecule is CCCSP(=O)(OCC)SCc1nc(SC)nc(OCC)c1Cl. The lowest BCUT2D eigenvalue weighted by Gasteiger charge is -2.16. The third kappa shape index (κ3) is 7.04. The second-order valence-electron chi connectivity index (χ2n) is 4.18. The van der Waals surface area contributed by atoms with Crippen molar-refractivity contribution in [3.05, 3.63) is 10.7 Å². The third-order valence-corrected chi connectivity index (χ3v) is 10.9. The van der Waals surface area contributed by atoms with Crippen molar-refractivity contribution in [2.45, 2.75) is 38.1 Å². The molecule has 1 unspecified atom stereocenters. The number of hydrogen-bond acceptors (Lipinski definition) is 8. The number of aromatic nitrogens is 2. The van der Waals surface area contributed by atoms with Crippen LogP contribution in [0.5, 0.6) is 5.88 Å². The molecule has 0 aromatic carbocycles. The van der Waals surface area contributed by atoms with Crippen molar-refractivity contribution in [3.8, 4) is 5.88 Å². The van der Waals surface area contributed by atoms with Crippen molar-refractivity contribution >= 4 is 51.9 Å². The molecule has 5 nitrogen and oxygen atoms in total. The summed E-state index contributed by atoms with van der Waals surface area (Å²) in [5.41, 5.74) is 0.622. The average Bonchev–Trinajstić information content (AvgIpc) is 2.54. The first kappa shape index (κ1) is 21.5. The summed E-state index contributed by atoms with van der Waals surface area (Å²) in [7, 11) is 0. The normalized spacial score (nSPS) is 13.8. The second-order valence-corrected chi connectivity index (χ2v) is 12.8. The lowest BCUT2D eigenvalue weighted by molar-refractivity contribution is 0.322. The summed E-state index contributed by atoms with van der Waals surface area (Å²) in [4.78, 5) is 8.66. The van der Waals surface area contributed by atoms with Crippen molar-refractivity contribution in [2.24, 2.45) is 0 Å². The molecule has 0 aliphatic carbocycles. The first-order chi connectivity index (χ1) is 11.0. The lowest BCUT2D eigenvalue weighted by atomic mass is 10.4. The Hall–Kier alpha value is 0.410. The minimum Gasteiger partial charge on any atom is -0.477 e. The van der Waals surface area contributed by atoms with Gasteiger partial charge in [0.05, 0.1) is 18.9 Å². The average molecular weight is 417 g/mol. The predicted octanol–water partition coefficient (Wildman–Crippen LogP) is 5.77. The van der Waals surface area contributed by atoms with E-state index in [1.165, 1.54) is 34.5 Å². The van der Waals surface area contributed by atoms with E-state index in [4.69, 9.17) is 20.9 Å². The van der Waals surface area contributed by atoms with E-state index in [1.54, 1.807) is 0 Å². The molecule has 1 heterocycles. The van der Waals surface area contributed by atoms with Crippen LogP contribution in [0.15, 0.2) is 5.16 Å². The van der Waals surface area contributed by atoms with Crippen LogP contribution in [0.2, 0.25) is 5.02 Å². The Balaban J connectivity index is 2.93. The Kier molecular flexibility index (Phi) is 10.4. The maximum Gasteiger partial charge on any atom is 0.313 e. The molecule has 0 amide bonds. The van der Waals surface area contributed by atoms with Gasteiger partial charge in [-0.25, -0.2) is 4.98 Å². The van der Waals surface area contributed by atoms with Crippen LogP contribution in [0.25, 0.3) is 0 Å². The molecule has 1 aromatic heterocycles. The second kappa shape index (κ2) is 11.1. The van der Waals surface area contributed by atoms with E-state index in [1.807, 2.05) is 27.0 Å². The molecule has 0 spiro atoms. The molecule has 0 N–H and O–H groups in total. The van der Waals surface area contributed by atoms with Crippen LogP contribution in [-0.2, 0) is 14.8 Å². The first-order valence-corrected chi connectivity index (χ1v) is 13.7. The Morgan fingerprint density at radius 3 is 2.48 bits per heavy atom. The molecule has 23 heavy (non-hydrogen) atoms. The van der Waals surface area contributed by atoms with Gasteiger partial charge >= 0.3 is 5.77 Å². The number of ether oxygens (including phenoxy) is 1. The van der Waals surface area contributed by atoms with E-state index in [2.05, 4.69) is 9.97 Å². The van der Waals surface area contributed by atoms with Gasteiger partial charge in [-0.05, 0) is 26.5 Å². The predicted molar refractivity (Wildman–Crippen MR) is 103 cm³/mol. The monoisotopic (exact) mass is 416 g/mol. The van der Waals surface area contributed by atoms with Gasteiger partial charge in [-0.3, -0.25) is 4.57 Å². The lowest BCUT2D eigenvalue weighted by Crippen LogP contribution is -2.02. The molecule has 1 atom stereocenters. The molecular formula is C13H22ClN2O3PS3. The summed E-state index contributed by atoms with van der Waals surface area (Å²) in [5, 5.41) is 0.960. The van der Waals surface area contributed by atoms with Crippen LogP contribution in [-0.4, -0.2) is 35.2 Å². The molecule has 0 fully saturated rings. The standard InChI is InChI=1S/C13H22ClN2O3PS3/c1-5-8-22-20(17,19-7-3)23-9-10-11(14)12(18-6-2)16-13(15-10)21-4/h5-9H2,1-4H3. The zero-order valence-electron chi connectivity index (χ0n) is 13.7. The van der Waals surface area contributed by atoms with Gasteiger partial charge in [0.25, 0.3) is 0 Å². The van der Waals surface area contributed by atoms with Crippen LogP contribution in [0.3, 0.4) is 0 Å². The van der Waals surface area contributed by atoms with Crippen molar-refractivity contribution < 1.29 is 13.8 Å². The fraction of sp³-hybridized carbons (Fsp3) is 0.692. The molecule has 0 aliphatic heterocycles. The van der Waals surface area contributed by atoms with Gasteiger partial charge in [0.15, 0.2) is 5.16 Å². The maximum atomic E-state index is 12.8. The largest absolute Gasteiger partial charge is 0.477 e. The molecule has 1 aromatic rings. The Labute approximate surface area is 155 Å². The van der Waals surface area contributed by atoms with E-state index in [9.17, 15) is 4.57 Å². The molecule has 0 radical (unpaired) electrons. The van der Waals surface area contributed by atoms with Gasteiger partial charge in [0.1, 0.15) is 5.02 Å². The van der Waals surface area contributed by atoms with Crippen molar-refractivity contribution in [1.82, 2.24) is 9.97 Å². The fourth-order valence-electron chi connectivity index (χ4n) is 1.48. The van der Waals surface area contributed by atoms with Crippen LogP contribution >= 0.6 is 51.9 Å². The molecule has 0 aliphatic rings. The summed E-state index contributed by atoms with van der Waals surface area (Å²) in [5.74, 6) is -1.25. The fourth-order valence-corrected chi connectivity index (χ4v) is 8.76. The summed E-state index contributed by atoms with van der Waals surface area (Å²) >= 11 is 10.4. The minimum atomic E-state index is -2.81. The highest BCUT2D eigenvalue weighted by molar-refractivity contribution is 8.89. The quantitative estimate of drug-likeness (QED) is 0.256. The molecule has 0 bridgehead atoms. The number of rotatable bonds is 11. The van der Waals surface area contributed by atoms with E-state index in [-0.39, 0.29) is 0 Å². The summed E-state index contributed by atoms with van der Waals surface area (Å²) < 4.78 is 23.7. The number of hydrogen-bond donors (Lipinski definition) is 0. The van der Waals surface area contributed by atoms with E-state index in [0.29, 0.717) is 40.7 Å². The van der Waals surface area contributed by atoms with Crippen molar-refractivity contribution in [1.29, 1.82) is 0 Å². The smallest absolute Gasteiger partial charge is 0.313 e. The number of nitrogens with zero attached hydrogens (tertiary/aromatic N) is 2. The molecule has 10 heteroatoms. The van der Waals surface area contributed by atoms with E-state index < -0.39 is 5.77 Å². The Morgan fingerprint density at radius 2 is 1.91 bits per heavy atom. The highest BCUT2D eigenvalue weighted by Gasteiger charge is 2.26. The van der Waals surface area contributed by atoms with Gasteiger partial charge in [0, 0.05) is 11.5 Å². The first-order valence-electron chi connectivity index (χ1n) is 7.26. The van der Waals surface area contributed by atoms with E-state index >= 15 is 0 Å². The Morgan fingerprint density at radius 1 is 1.17 bits per heavy atom. The van der Waals surface area contributed by atoms with Crippen LogP contribution in [0, 0.1) is 0 Å². The topological polar surface area (TPSA) is 61.3 Å². The summed E-state index contributed by atoms with van der Waals surface area (Å²) in [6.07, 6.45) is 2.83. The van der Waals surface area contributed by atoms with Crippen molar-refractivity contribution in [3.63, 3.8) is 0 Å². The summed E-state index contributed by atoms with van der Waals surface area (Å²) in [6.45, 7) is 6.65. The zero-order valence-corrected chi connectivity index (χ0v) is 17.8. The van der Waals surface area contributed by atoms with Crippen LogP contribution in [0.1, 0.15) is 32.9 Å². The minimum absolute atomic E-state index is 0.372. The molecule has 1 rings (SSSR count). The zero-order chi connectivity index (χ0) is 17.3.